The Morgan fingerprint density at radius 3 is 2.25 bits per heavy atom. The largest absolute Gasteiger partial charge is 0.344 e. The molecule has 0 fully saturated rings. The second-order valence-corrected chi connectivity index (χ2v) is 1.42. The van der Waals surface area contributed by atoms with Crippen molar-refractivity contribution in [3.63, 3.8) is 0 Å². The van der Waals surface area contributed by atoms with Gasteiger partial charge in [0.1, 0.15) is 6.61 Å². The highest BCUT2D eigenvalue weighted by molar-refractivity contribution is 4.77. The molecule has 0 amide bonds. The molecule has 3 heteroatoms. The highest BCUT2D eigenvalue weighted by atomic mass is 16.8. The van der Waals surface area contributed by atoms with E-state index in [0.717, 1.165) is 13.5 Å². The first-order chi connectivity index (χ1) is 3.56. The number of aliphatic hydroxyl groups is 2. The second kappa shape index (κ2) is 2.81. The van der Waals surface area contributed by atoms with Crippen LogP contribution in [0.15, 0.2) is 12.7 Å². The predicted octanol–water partition coefficient (Wildman–Crippen LogP) is 0.00909. The van der Waals surface area contributed by atoms with Crippen molar-refractivity contribution in [3.05, 3.63) is 19.3 Å². The van der Waals surface area contributed by atoms with Gasteiger partial charge in [-0.2, -0.15) is 0 Å². The minimum Gasteiger partial charge on any atom is -0.344 e. The second-order valence-electron chi connectivity index (χ2n) is 1.42. The van der Waals surface area contributed by atoms with Crippen LogP contribution in [-0.4, -0.2) is 16.2 Å². The molecule has 8 heavy (non-hydrogen) atoms. The molecule has 0 aromatic carbocycles. The van der Waals surface area contributed by atoms with Gasteiger partial charge < -0.3 is 14.9 Å². The maximum atomic E-state index is 8.40. The first kappa shape index (κ1) is 7.62. The molecular weight excluding hydrogens is 108 g/mol. The molecule has 0 aliphatic rings. The highest BCUT2D eigenvalue weighted by Crippen LogP contribution is 2.00. The molecule has 0 heterocycles. The average Bonchev–Trinajstić information content (AvgIpc) is 1.59. The lowest BCUT2D eigenvalue weighted by Crippen LogP contribution is -2.25. The Kier molecular flexibility index (Phi) is 2.68. The van der Waals surface area contributed by atoms with Gasteiger partial charge in [0, 0.05) is 6.92 Å². The molecule has 2 N–H and O–H groups in total. The monoisotopic (exact) mass is 117 g/mol. The number of rotatable bonds is 3. The summed E-state index contributed by atoms with van der Waals surface area (Å²) in [5, 5.41) is 16.8. The van der Waals surface area contributed by atoms with Crippen LogP contribution in [-0.2, 0) is 4.74 Å². The average molecular weight is 117 g/mol. The molecule has 3 nitrogen and oxygen atoms in total. The Morgan fingerprint density at radius 2 is 2.12 bits per heavy atom. The van der Waals surface area contributed by atoms with Crippen molar-refractivity contribution in [2.24, 2.45) is 0 Å². The fourth-order valence-corrected chi connectivity index (χ4v) is 0.177. The summed E-state index contributed by atoms with van der Waals surface area (Å²) in [5.41, 5.74) is 0. The van der Waals surface area contributed by atoms with Crippen LogP contribution in [0, 0.1) is 6.61 Å². The zero-order valence-electron chi connectivity index (χ0n) is 4.66. The SMILES string of the molecule is C=C[CH]OC(C)(O)O. The summed E-state index contributed by atoms with van der Waals surface area (Å²) in [7, 11) is 0. The summed E-state index contributed by atoms with van der Waals surface area (Å²) in [6, 6.07) is 0. The summed E-state index contributed by atoms with van der Waals surface area (Å²) in [6.45, 7) is 5.46. The minimum absolute atomic E-state index is 1.10. The molecule has 0 unspecified atom stereocenters. The summed E-state index contributed by atoms with van der Waals surface area (Å²) < 4.78 is 4.25. The molecule has 0 aromatic heterocycles. The van der Waals surface area contributed by atoms with E-state index >= 15 is 0 Å². The van der Waals surface area contributed by atoms with Crippen LogP contribution >= 0.6 is 0 Å². The summed E-state index contributed by atoms with van der Waals surface area (Å²) in [4.78, 5) is 0. The smallest absolute Gasteiger partial charge is 0.275 e. The zero-order chi connectivity index (χ0) is 6.62. The predicted molar refractivity (Wildman–Crippen MR) is 28.4 cm³/mol. The van der Waals surface area contributed by atoms with E-state index < -0.39 is 5.97 Å². The molecule has 0 atom stereocenters. The van der Waals surface area contributed by atoms with E-state index in [-0.39, 0.29) is 0 Å². The summed E-state index contributed by atoms with van der Waals surface area (Å²) >= 11 is 0. The van der Waals surface area contributed by atoms with Crippen molar-refractivity contribution < 1.29 is 14.9 Å². The molecule has 47 valence electrons. The maximum Gasteiger partial charge on any atom is 0.275 e. The first-order valence-electron chi connectivity index (χ1n) is 2.13. The maximum absolute atomic E-state index is 8.40. The van der Waals surface area contributed by atoms with Crippen molar-refractivity contribution in [2.45, 2.75) is 12.9 Å². The van der Waals surface area contributed by atoms with Gasteiger partial charge in [-0.15, -0.1) is 6.58 Å². The van der Waals surface area contributed by atoms with E-state index in [4.69, 9.17) is 10.2 Å². The van der Waals surface area contributed by atoms with Crippen LogP contribution in [0.4, 0.5) is 0 Å². The fraction of sp³-hybridized carbons (Fsp3) is 0.400. The van der Waals surface area contributed by atoms with Gasteiger partial charge in [-0.05, 0) is 0 Å². The molecule has 0 spiro atoms. The standard InChI is InChI=1S/C5H9O3/c1-3-4-8-5(2,6)7/h3-4,6-7H,1H2,2H3. The highest BCUT2D eigenvalue weighted by Gasteiger charge is 2.13. The van der Waals surface area contributed by atoms with Gasteiger partial charge in [-0.1, -0.05) is 6.08 Å². The molecule has 0 aliphatic heterocycles. The molecule has 0 saturated heterocycles. The quantitative estimate of drug-likeness (QED) is 0.512. The molecule has 0 bridgehead atoms. The van der Waals surface area contributed by atoms with Gasteiger partial charge in [-0.3, -0.25) is 0 Å². The number of hydrogen-bond acceptors (Lipinski definition) is 3. The van der Waals surface area contributed by atoms with Crippen LogP contribution in [0.5, 0.6) is 0 Å². The molecule has 0 saturated carbocycles. The Labute approximate surface area is 48.2 Å². The third-order valence-electron chi connectivity index (χ3n) is 0.388. The van der Waals surface area contributed by atoms with Gasteiger partial charge in [0.05, 0.1) is 0 Å². The van der Waals surface area contributed by atoms with Crippen molar-refractivity contribution in [2.75, 3.05) is 0 Å². The van der Waals surface area contributed by atoms with E-state index in [9.17, 15) is 0 Å². The van der Waals surface area contributed by atoms with Crippen molar-refractivity contribution >= 4 is 0 Å². The van der Waals surface area contributed by atoms with E-state index in [2.05, 4.69) is 11.3 Å². The van der Waals surface area contributed by atoms with Crippen LogP contribution in [0.1, 0.15) is 6.92 Å². The van der Waals surface area contributed by atoms with Crippen molar-refractivity contribution in [3.8, 4) is 0 Å². The molecule has 0 rings (SSSR count). The third kappa shape index (κ3) is 5.62. The Bertz CT molecular complexity index is 72.2. The minimum atomic E-state index is -2.08. The number of hydrogen-bond donors (Lipinski definition) is 2. The van der Waals surface area contributed by atoms with Crippen molar-refractivity contribution in [1.82, 2.24) is 0 Å². The van der Waals surface area contributed by atoms with Crippen LogP contribution in [0.2, 0.25) is 0 Å². The Hall–Kier alpha value is -0.380. The summed E-state index contributed by atoms with van der Waals surface area (Å²) in [5.74, 6) is -2.08. The van der Waals surface area contributed by atoms with Gasteiger partial charge >= 0.3 is 0 Å². The lowest BCUT2D eigenvalue weighted by atomic mass is 10.6. The molecule has 0 aliphatic carbocycles. The molecular formula is C5H9O3. The lowest BCUT2D eigenvalue weighted by molar-refractivity contribution is -0.307. The Morgan fingerprint density at radius 1 is 1.62 bits per heavy atom. The third-order valence-corrected chi connectivity index (χ3v) is 0.388. The van der Waals surface area contributed by atoms with Gasteiger partial charge in [0.2, 0.25) is 0 Å². The van der Waals surface area contributed by atoms with E-state index in [1.807, 2.05) is 0 Å². The number of ether oxygens (including phenoxy) is 1. The van der Waals surface area contributed by atoms with E-state index in [0.29, 0.717) is 0 Å². The van der Waals surface area contributed by atoms with Gasteiger partial charge in [-0.25, -0.2) is 0 Å². The van der Waals surface area contributed by atoms with Crippen molar-refractivity contribution in [1.29, 1.82) is 0 Å². The van der Waals surface area contributed by atoms with Crippen LogP contribution in [0.3, 0.4) is 0 Å². The molecule has 0 aromatic rings. The zero-order valence-corrected chi connectivity index (χ0v) is 4.66. The van der Waals surface area contributed by atoms with Crippen LogP contribution < -0.4 is 0 Å². The lowest BCUT2D eigenvalue weighted by Gasteiger charge is -2.13. The fourth-order valence-electron chi connectivity index (χ4n) is 0.177. The van der Waals surface area contributed by atoms with E-state index in [1.54, 1.807) is 0 Å². The first-order valence-corrected chi connectivity index (χ1v) is 2.13. The Balaban J connectivity index is 3.24. The van der Waals surface area contributed by atoms with Gasteiger partial charge in [0.15, 0.2) is 0 Å². The van der Waals surface area contributed by atoms with Crippen LogP contribution in [0.25, 0.3) is 0 Å². The topological polar surface area (TPSA) is 49.7 Å². The normalized spacial score (nSPS) is 11.4. The van der Waals surface area contributed by atoms with E-state index in [1.165, 1.54) is 6.08 Å². The molecule has 1 radical (unpaired) electrons. The summed E-state index contributed by atoms with van der Waals surface area (Å²) in [6.07, 6.45) is 1.31. The van der Waals surface area contributed by atoms with Gasteiger partial charge in [0.25, 0.3) is 5.97 Å².